The first-order chi connectivity index (χ1) is 26.3. The van der Waals surface area contributed by atoms with Crippen molar-refractivity contribution in [3.63, 3.8) is 0 Å². The summed E-state index contributed by atoms with van der Waals surface area (Å²) in [5, 5.41) is 10.6. The molecular formula is C40H58N6O10. The molecule has 2 aliphatic rings. The summed E-state index contributed by atoms with van der Waals surface area (Å²) >= 11 is 0. The molecule has 2 aromatic rings. The van der Waals surface area contributed by atoms with E-state index in [-0.39, 0.29) is 62.3 Å². The molecule has 0 aliphatic carbocycles. The molecule has 4 rings (SSSR count). The van der Waals surface area contributed by atoms with Gasteiger partial charge in [0.15, 0.2) is 0 Å². The second kappa shape index (κ2) is 20.9. The largest absolute Gasteiger partial charge is 0.445 e. The topological polar surface area (TPSA) is 194 Å². The molecule has 16 heteroatoms. The molecule has 16 nitrogen and oxygen atoms in total. The Kier molecular flexibility index (Phi) is 16.8. The van der Waals surface area contributed by atoms with E-state index in [2.05, 4.69) is 21.3 Å². The van der Waals surface area contributed by atoms with E-state index in [1.165, 1.54) is 0 Å². The molecule has 2 aliphatic heterocycles. The van der Waals surface area contributed by atoms with Gasteiger partial charge >= 0.3 is 24.4 Å². The number of hydrogen-bond donors (Lipinski definition) is 4. The minimum Gasteiger partial charge on any atom is -0.445 e. The number of carbonyl (C=O) groups excluding carboxylic acids is 6. The summed E-state index contributed by atoms with van der Waals surface area (Å²) in [5.74, 6) is -0.449. The predicted octanol–water partition coefficient (Wildman–Crippen LogP) is 4.85. The highest BCUT2D eigenvalue weighted by atomic mass is 16.6. The van der Waals surface area contributed by atoms with Gasteiger partial charge in [-0.15, -0.1) is 0 Å². The SMILES string of the molecule is C[C@@H]1[C@H](NC(=O)OC(C)(C)C)CCN1C(=O)CNC(=O)OCc1ccccc1.C[C@H]1[C@H](NC(=O)OC(C)(C)C)CCN1C(=O)CNC(=O)OCc1ccccc1. The highest BCUT2D eigenvalue weighted by Crippen LogP contribution is 2.20. The van der Waals surface area contributed by atoms with Crippen molar-refractivity contribution >= 4 is 36.2 Å². The number of rotatable bonds is 10. The zero-order chi connectivity index (χ0) is 41.5. The lowest BCUT2D eigenvalue weighted by Gasteiger charge is -2.26. The molecule has 2 aromatic carbocycles. The van der Waals surface area contributed by atoms with Gasteiger partial charge in [-0.2, -0.15) is 0 Å². The third-order valence-electron chi connectivity index (χ3n) is 8.75. The van der Waals surface area contributed by atoms with Crippen LogP contribution in [0.25, 0.3) is 0 Å². The van der Waals surface area contributed by atoms with Gasteiger partial charge < -0.3 is 50.0 Å². The third kappa shape index (κ3) is 16.1. The third-order valence-corrected chi connectivity index (χ3v) is 8.75. The minimum absolute atomic E-state index is 0.142. The molecular weight excluding hydrogens is 724 g/mol. The standard InChI is InChI=1S/2C20H29N3O5/c2*1-14-16(22-19(26)28-20(2,3)4)10-11-23(14)17(24)12-21-18(25)27-13-15-8-6-5-7-9-15/h2*5-9,14,16H,10-13H2,1-4H3,(H,21,25)(H,22,26)/t14-,16+;14-,16-/m01/s1. The summed E-state index contributed by atoms with van der Waals surface area (Å²) in [7, 11) is 0. The molecule has 0 saturated carbocycles. The van der Waals surface area contributed by atoms with Crippen LogP contribution in [0.4, 0.5) is 19.2 Å². The number of likely N-dealkylation sites (tertiary alicyclic amines) is 2. The summed E-state index contributed by atoms with van der Waals surface area (Å²) in [4.78, 5) is 75.5. The summed E-state index contributed by atoms with van der Waals surface area (Å²) in [6.45, 7) is 15.5. The maximum absolute atomic E-state index is 12.4. The normalized spacial score (nSPS) is 19.1. The summed E-state index contributed by atoms with van der Waals surface area (Å²) in [6.07, 6.45) is -1.03. The fraction of sp³-hybridized carbons (Fsp3) is 0.550. The summed E-state index contributed by atoms with van der Waals surface area (Å²) in [6, 6.07) is 17.8. The number of nitrogens with one attached hydrogen (secondary N) is 4. The zero-order valence-electron chi connectivity index (χ0n) is 33.7. The Labute approximate surface area is 329 Å². The second-order valence-electron chi connectivity index (χ2n) is 15.6. The van der Waals surface area contributed by atoms with E-state index in [0.29, 0.717) is 25.9 Å². The molecule has 0 radical (unpaired) electrons. The Bertz CT molecular complexity index is 1490. The van der Waals surface area contributed by atoms with E-state index >= 15 is 0 Å². The molecule has 0 spiro atoms. The van der Waals surface area contributed by atoms with Gasteiger partial charge in [0.05, 0.1) is 12.1 Å². The first kappa shape index (κ1) is 44.9. The Morgan fingerprint density at radius 2 is 0.911 bits per heavy atom. The van der Waals surface area contributed by atoms with Crippen LogP contribution < -0.4 is 21.3 Å². The van der Waals surface area contributed by atoms with Crippen LogP contribution in [0.2, 0.25) is 0 Å². The molecule has 2 heterocycles. The van der Waals surface area contributed by atoms with Crippen molar-refractivity contribution in [2.45, 2.75) is 117 Å². The van der Waals surface area contributed by atoms with Crippen molar-refractivity contribution in [1.82, 2.24) is 31.1 Å². The van der Waals surface area contributed by atoms with Crippen LogP contribution in [0, 0.1) is 0 Å². The first-order valence-electron chi connectivity index (χ1n) is 18.8. The maximum Gasteiger partial charge on any atom is 0.407 e. The van der Waals surface area contributed by atoms with Crippen molar-refractivity contribution in [3.8, 4) is 0 Å². The van der Waals surface area contributed by atoms with Crippen LogP contribution in [-0.4, -0.2) is 108 Å². The van der Waals surface area contributed by atoms with Gasteiger partial charge in [-0.3, -0.25) is 9.59 Å². The van der Waals surface area contributed by atoms with Crippen molar-refractivity contribution < 1.29 is 47.7 Å². The van der Waals surface area contributed by atoms with Crippen molar-refractivity contribution in [3.05, 3.63) is 71.8 Å². The molecule has 308 valence electrons. The van der Waals surface area contributed by atoms with Gasteiger partial charge in [0.2, 0.25) is 11.8 Å². The molecule has 0 aromatic heterocycles. The monoisotopic (exact) mass is 782 g/mol. The Hall–Kier alpha value is -5.54. The summed E-state index contributed by atoms with van der Waals surface area (Å²) in [5.41, 5.74) is 0.582. The van der Waals surface area contributed by atoms with Crippen LogP contribution >= 0.6 is 0 Å². The number of hydrogen-bond acceptors (Lipinski definition) is 10. The van der Waals surface area contributed by atoms with E-state index in [0.717, 1.165) is 11.1 Å². The number of nitrogens with zero attached hydrogens (tertiary/aromatic N) is 2. The molecule has 6 amide bonds. The lowest BCUT2D eigenvalue weighted by atomic mass is 10.1. The quantitative estimate of drug-likeness (QED) is 0.242. The molecule has 0 unspecified atom stereocenters. The van der Waals surface area contributed by atoms with E-state index in [1.807, 2.05) is 74.5 Å². The average molecular weight is 783 g/mol. The highest BCUT2D eigenvalue weighted by molar-refractivity contribution is 5.83. The molecule has 2 fully saturated rings. The maximum atomic E-state index is 12.4. The Balaban J connectivity index is 0.000000300. The van der Waals surface area contributed by atoms with Gasteiger partial charge in [-0.1, -0.05) is 60.7 Å². The smallest absolute Gasteiger partial charge is 0.407 e. The van der Waals surface area contributed by atoms with Crippen LogP contribution in [0.1, 0.15) is 79.4 Å². The highest BCUT2D eigenvalue weighted by Gasteiger charge is 2.37. The fourth-order valence-corrected chi connectivity index (χ4v) is 5.93. The minimum atomic E-state index is -0.646. The van der Waals surface area contributed by atoms with Gasteiger partial charge in [0, 0.05) is 25.2 Å². The first-order valence-corrected chi connectivity index (χ1v) is 18.8. The van der Waals surface area contributed by atoms with Crippen LogP contribution in [0.5, 0.6) is 0 Å². The predicted molar refractivity (Wildman–Crippen MR) is 207 cm³/mol. The van der Waals surface area contributed by atoms with Gasteiger partial charge in [-0.25, -0.2) is 19.2 Å². The molecule has 4 N–H and O–H groups in total. The zero-order valence-corrected chi connectivity index (χ0v) is 33.7. The molecule has 2 saturated heterocycles. The van der Waals surface area contributed by atoms with Gasteiger partial charge in [0.1, 0.15) is 37.5 Å². The number of benzene rings is 2. The fourth-order valence-electron chi connectivity index (χ4n) is 5.93. The number of amides is 6. The number of alkyl carbamates (subject to hydrolysis) is 4. The van der Waals surface area contributed by atoms with Crippen molar-refractivity contribution in [2.75, 3.05) is 26.2 Å². The van der Waals surface area contributed by atoms with E-state index in [1.54, 1.807) is 51.3 Å². The van der Waals surface area contributed by atoms with Crippen LogP contribution in [0.15, 0.2) is 60.7 Å². The van der Waals surface area contributed by atoms with Crippen molar-refractivity contribution in [2.24, 2.45) is 0 Å². The van der Waals surface area contributed by atoms with Crippen molar-refractivity contribution in [1.29, 1.82) is 0 Å². The lowest BCUT2D eigenvalue weighted by Crippen LogP contribution is -2.48. The molecule has 0 bridgehead atoms. The van der Waals surface area contributed by atoms with Gasteiger partial charge in [0.25, 0.3) is 0 Å². The molecule has 4 atom stereocenters. The Morgan fingerprint density at radius 3 is 1.23 bits per heavy atom. The van der Waals surface area contributed by atoms with Crippen LogP contribution in [0.3, 0.4) is 0 Å². The van der Waals surface area contributed by atoms with Crippen LogP contribution in [-0.2, 0) is 41.8 Å². The van der Waals surface area contributed by atoms with Gasteiger partial charge in [-0.05, 0) is 79.4 Å². The Morgan fingerprint density at radius 1 is 0.571 bits per heavy atom. The average Bonchev–Trinajstić information content (AvgIpc) is 3.67. The molecule has 56 heavy (non-hydrogen) atoms. The number of carbonyl (C=O) groups is 6. The second-order valence-corrected chi connectivity index (χ2v) is 15.6. The van der Waals surface area contributed by atoms with E-state index in [9.17, 15) is 28.8 Å². The van der Waals surface area contributed by atoms with E-state index in [4.69, 9.17) is 18.9 Å². The number of ether oxygens (including phenoxy) is 4. The van der Waals surface area contributed by atoms with E-state index < -0.39 is 35.6 Å². The summed E-state index contributed by atoms with van der Waals surface area (Å²) < 4.78 is 20.7. The lowest BCUT2D eigenvalue weighted by molar-refractivity contribution is -0.131.